The first-order chi connectivity index (χ1) is 14.4. The number of benzene rings is 1. The number of piperidine rings is 1. The monoisotopic (exact) mass is 416 g/mol. The minimum absolute atomic E-state index is 0.0887. The van der Waals surface area contributed by atoms with Gasteiger partial charge in [-0.2, -0.15) is 0 Å². The Morgan fingerprint density at radius 3 is 2.60 bits per heavy atom. The van der Waals surface area contributed by atoms with Gasteiger partial charge in [-0.25, -0.2) is 4.79 Å². The second kappa shape index (κ2) is 8.21. The van der Waals surface area contributed by atoms with E-state index in [1.807, 2.05) is 0 Å². The van der Waals surface area contributed by atoms with Gasteiger partial charge in [0.25, 0.3) is 5.91 Å². The summed E-state index contributed by atoms with van der Waals surface area (Å²) >= 11 is 0. The molecular weight excluding hydrogens is 392 g/mol. The van der Waals surface area contributed by atoms with E-state index in [2.05, 4.69) is 5.32 Å². The van der Waals surface area contributed by atoms with Gasteiger partial charge >= 0.3 is 6.03 Å². The zero-order chi connectivity index (χ0) is 21.3. The fourth-order valence-electron chi connectivity index (χ4n) is 3.98. The number of nitrogens with zero attached hydrogens (tertiary/aromatic N) is 2. The molecule has 1 aromatic carbocycles. The number of amides is 5. The molecule has 1 atom stereocenters. The van der Waals surface area contributed by atoms with Crippen LogP contribution in [0.25, 0.3) is 0 Å². The van der Waals surface area contributed by atoms with Crippen molar-refractivity contribution in [2.24, 2.45) is 11.7 Å². The van der Waals surface area contributed by atoms with E-state index in [-0.39, 0.29) is 49.8 Å². The first-order valence-electron chi connectivity index (χ1n) is 10.00. The third-order valence-electron chi connectivity index (χ3n) is 5.78. The SMILES string of the molecule is NC(=O)C1CCN(C(=O)CCC2NC(=O)N(Cc3ccc4c(c3)OCO4)C2=O)CC1. The zero-order valence-corrected chi connectivity index (χ0v) is 16.5. The molecule has 10 nitrogen and oxygen atoms in total. The summed E-state index contributed by atoms with van der Waals surface area (Å²) in [7, 11) is 0. The molecule has 2 fully saturated rings. The Labute approximate surface area is 173 Å². The topological polar surface area (TPSA) is 131 Å². The molecule has 0 aromatic heterocycles. The molecule has 10 heteroatoms. The molecule has 3 N–H and O–H groups in total. The summed E-state index contributed by atoms with van der Waals surface area (Å²) in [5.41, 5.74) is 6.06. The Bertz CT molecular complexity index is 880. The van der Waals surface area contributed by atoms with Gasteiger partial charge in [0.2, 0.25) is 18.6 Å². The summed E-state index contributed by atoms with van der Waals surface area (Å²) in [6.07, 6.45) is 1.50. The molecule has 0 aliphatic carbocycles. The van der Waals surface area contributed by atoms with Crippen LogP contribution >= 0.6 is 0 Å². The first-order valence-corrected chi connectivity index (χ1v) is 10.00. The van der Waals surface area contributed by atoms with Crippen LogP contribution in [-0.4, -0.2) is 59.5 Å². The summed E-state index contributed by atoms with van der Waals surface area (Å²) in [6, 6.07) is 4.07. The fourth-order valence-corrected chi connectivity index (χ4v) is 3.98. The average Bonchev–Trinajstić information content (AvgIpc) is 3.31. The summed E-state index contributed by atoms with van der Waals surface area (Å²) in [4.78, 5) is 51.5. The molecule has 4 rings (SSSR count). The van der Waals surface area contributed by atoms with Crippen LogP contribution in [0, 0.1) is 5.92 Å². The molecule has 3 heterocycles. The number of fused-ring (bicyclic) bond motifs is 1. The van der Waals surface area contributed by atoms with Crippen LogP contribution in [0.4, 0.5) is 4.79 Å². The van der Waals surface area contributed by atoms with E-state index in [4.69, 9.17) is 15.2 Å². The third-order valence-corrected chi connectivity index (χ3v) is 5.78. The number of imide groups is 1. The predicted molar refractivity (Wildman–Crippen MR) is 103 cm³/mol. The Morgan fingerprint density at radius 1 is 1.13 bits per heavy atom. The van der Waals surface area contributed by atoms with Crippen LogP contribution in [0.1, 0.15) is 31.2 Å². The van der Waals surface area contributed by atoms with Crippen molar-refractivity contribution in [3.05, 3.63) is 23.8 Å². The van der Waals surface area contributed by atoms with Crippen LogP contribution in [0.2, 0.25) is 0 Å². The average molecular weight is 416 g/mol. The minimum atomic E-state index is -0.724. The summed E-state index contributed by atoms with van der Waals surface area (Å²) in [5, 5.41) is 2.66. The largest absolute Gasteiger partial charge is 0.454 e. The maximum absolute atomic E-state index is 12.7. The quantitative estimate of drug-likeness (QED) is 0.643. The van der Waals surface area contributed by atoms with Gasteiger partial charge in [-0.3, -0.25) is 19.3 Å². The van der Waals surface area contributed by atoms with Gasteiger partial charge in [0.05, 0.1) is 6.54 Å². The van der Waals surface area contributed by atoms with Crippen molar-refractivity contribution in [1.29, 1.82) is 0 Å². The first kappa shape index (κ1) is 20.0. The number of ether oxygens (including phenoxy) is 2. The number of nitrogens with one attached hydrogen (secondary N) is 1. The lowest BCUT2D eigenvalue weighted by Gasteiger charge is -2.30. The zero-order valence-electron chi connectivity index (χ0n) is 16.5. The summed E-state index contributed by atoms with van der Waals surface area (Å²) in [5.74, 6) is 0.263. The van der Waals surface area contributed by atoms with Gasteiger partial charge in [-0.15, -0.1) is 0 Å². The van der Waals surface area contributed by atoms with E-state index in [0.717, 1.165) is 10.5 Å². The fraction of sp³-hybridized carbons (Fsp3) is 0.500. The molecule has 2 saturated heterocycles. The number of carbonyl (C=O) groups excluding carboxylic acids is 4. The Hall–Kier alpha value is -3.30. The minimum Gasteiger partial charge on any atom is -0.454 e. The molecule has 0 radical (unpaired) electrons. The van der Waals surface area contributed by atoms with Crippen LogP contribution in [0.5, 0.6) is 11.5 Å². The predicted octanol–water partition coefficient (Wildman–Crippen LogP) is 0.340. The van der Waals surface area contributed by atoms with E-state index < -0.39 is 12.1 Å². The molecule has 160 valence electrons. The van der Waals surface area contributed by atoms with Crippen molar-refractivity contribution in [2.75, 3.05) is 19.9 Å². The van der Waals surface area contributed by atoms with E-state index in [1.165, 1.54) is 0 Å². The molecule has 1 aromatic rings. The molecule has 3 aliphatic rings. The molecule has 0 spiro atoms. The molecule has 3 aliphatic heterocycles. The number of nitrogens with two attached hydrogens (primary N) is 1. The number of likely N-dealkylation sites (tertiary alicyclic amines) is 1. The molecule has 30 heavy (non-hydrogen) atoms. The molecule has 0 saturated carbocycles. The van der Waals surface area contributed by atoms with E-state index >= 15 is 0 Å². The standard InChI is InChI=1S/C20H24N4O6/c21-18(26)13-5-7-23(8-6-13)17(25)4-2-14-19(27)24(20(28)22-14)10-12-1-3-15-16(9-12)30-11-29-15/h1,3,9,13-14H,2,4-8,10-11H2,(H2,21,26)(H,22,28). The molecular formula is C20H24N4O6. The van der Waals surface area contributed by atoms with Gasteiger partial charge in [-0.05, 0) is 37.0 Å². The van der Waals surface area contributed by atoms with Crippen molar-refractivity contribution in [2.45, 2.75) is 38.3 Å². The van der Waals surface area contributed by atoms with Crippen LogP contribution in [0.15, 0.2) is 18.2 Å². The maximum atomic E-state index is 12.7. The van der Waals surface area contributed by atoms with Gasteiger partial charge < -0.3 is 25.4 Å². The van der Waals surface area contributed by atoms with Crippen molar-refractivity contribution in [1.82, 2.24) is 15.1 Å². The van der Waals surface area contributed by atoms with Crippen LogP contribution in [0.3, 0.4) is 0 Å². The summed E-state index contributed by atoms with van der Waals surface area (Å²) in [6.45, 7) is 1.23. The van der Waals surface area contributed by atoms with E-state index in [9.17, 15) is 19.2 Å². The van der Waals surface area contributed by atoms with E-state index in [0.29, 0.717) is 37.4 Å². The second-order valence-corrected chi connectivity index (χ2v) is 7.71. The molecule has 1 unspecified atom stereocenters. The van der Waals surface area contributed by atoms with Gasteiger partial charge in [-0.1, -0.05) is 6.07 Å². The van der Waals surface area contributed by atoms with Crippen LogP contribution < -0.4 is 20.5 Å². The highest BCUT2D eigenvalue weighted by molar-refractivity contribution is 6.04. The summed E-state index contributed by atoms with van der Waals surface area (Å²) < 4.78 is 10.6. The Kier molecular flexibility index (Phi) is 5.47. The van der Waals surface area contributed by atoms with Crippen LogP contribution in [-0.2, 0) is 20.9 Å². The van der Waals surface area contributed by atoms with Gasteiger partial charge in [0, 0.05) is 25.4 Å². The molecule has 5 amide bonds. The number of urea groups is 1. The molecule has 0 bridgehead atoms. The lowest BCUT2D eigenvalue weighted by molar-refractivity contribution is -0.135. The number of hydrogen-bond donors (Lipinski definition) is 2. The van der Waals surface area contributed by atoms with Gasteiger partial charge in [0.15, 0.2) is 11.5 Å². The van der Waals surface area contributed by atoms with Gasteiger partial charge in [0.1, 0.15) is 6.04 Å². The maximum Gasteiger partial charge on any atom is 0.325 e. The second-order valence-electron chi connectivity index (χ2n) is 7.71. The van der Waals surface area contributed by atoms with Crippen molar-refractivity contribution in [3.8, 4) is 11.5 Å². The smallest absolute Gasteiger partial charge is 0.325 e. The van der Waals surface area contributed by atoms with E-state index in [1.54, 1.807) is 23.1 Å². The lowest BCUT2D eigenvalue weighted by atomic mass is 9.96. The lowest BCUT2D eigenvalue weighted by Crippen LogP contribution is -2.42. The number of carbonyl (C=O) groups is 4. The van der Waals surface area contributed by atoms with Crippen molar-refractivity contribution in [3.63, 3.8) is 0 Å². The highest BCUT2D eigenvalue weighted by Gasteiger charge is 2.38. The third kappa shape index (κ3) is 4.03. The number of rotatable bonds is 6. The highest BCUT2D eigenvalue weighted by Crippen LogP contribution is 2.33. The van der Waals surface area contributed by atoms with Crippen molar-refractivity contribution >= 4 is 23.8 Å². The normalized spacial score (nSPS) is 21.1. The number of hydrogen-bond acceptors (Lipinski definition) is 6. The number of primary amides is 1. The Morgan fingerprint density at radius 2 is 1.87 bits per heavy atom. The van der Waals surface area contributed by atoms with Crippen molar-refractivity contribution < 1.29 is 28.7 Å². The highest BCUT2D eigenvalue weighted by atomic mass is 16.7. The Balaban J connectivity index is 1.29.